The molecule has 9 heteroatoms. The molecule has 1 aromatic rings. The summed E-state index contributed by atoms with van der Waals surface area (Å²) in [5.41, 5.74) is 11.4. The third kappa shape index (κ3) is 14.6. The van der Waals surface area contributed by atoms with Crippen LogP contribution in [0.3, 0.4) is 0 Å². The summed E-state index contributed by atoms with van der Waals surface area (Å²) < 4.78 is 5.69. The fourth-order valence-electron chi connectivity index (χ4n) is 2.99. The van der Waals surface area contributed by atoms with Gasteiger partial charge in [0.05, 0.1) is 6.61 Å². The standard InChI is InChI=1S/C22H40N8O/c23-20(24)18-10-12-19(13-11-18)31-17-9-5-8-16-30-22(27)29-15-7-4-2-1-3-6-14-28-21(25)26/h10-13H,1-9,14-17H2,(H3,23,24)(H4,25,26,28)(H3,27,29,30). The molecule has 31 heavy (non-hydrogen) atoms. The smallest absolute Gasteiger partial charge is 0.188 e. The van der Waals surface area contributed by atoms with Crippen molar-refractivity contribution in [2.24, 2.45) is 11.5 Å². The molecule has 0 saturated heterocycles. The zero-order valence-electron chi connectivity index (χ0n) is 18.6. The average molecular weight is 433 g/mol. The second-order valence-electron chi connectivity index (χ2n) is 7.54. The van der Waals surface area contributed by atoms with E-state index in [-0.39, 0.29) is 11.8 Å². The van der Waals surface area contributed by atoms with Crippen molar-refractivity contribution in [3.63, 3.8) is 0 Å². The summed E-state index contributed by atoms with van der Waals surface area (Å²) in [5, 5.41) is 31.4. The first kappa shape index (κ1) is 26.1. The summed E-state index contributed by atoms with van der Waals surface area (Å²) in [6, 6.07) is 7.24. The number of nitrogens with one attached hydrogen (secondary N) is 6. The van der Waals surface area contributed by atoms with Crippen LogP contribution in [-0.2, 0) is 0 Å². The molecule has 0 spiro atoms. The monoisotopic (exact) mass is 432 g/mol. The number of benzene rings is 1. The van der Waals surface area contributed by atoms with E-state index in [1.807, 2.05) is 12.1 Å². The summed E-state index contributed by atoms with van der Waals surface area (Å²) in [5.74, 6) is 1.30. The van der Waals surface area contributed by atoms with Crippen molar-refractivity contribution in [3.8, 4) is 5.75 Å². The maximum Gasteiger partial charge on any atom is 0.188 e. The number of hydrogen-bond acceptors (Lipinski definition) is 4. The largest absolute Gasteiger partial charge is 0.494 e. The van der Waals surface area contributed by atoms with E-state index in [1.54, 1.807) is 12.1 Å². The highest BCUT2D eigenvalue weighted by Crippen LogP contribution is 2.12. The number of amidine groups is 1. The van der Waals surface area contributed by atoms with Gasteiger partial charge in [0.1, 0.15) is 11.6 Å². The van der Waals surface area contributed by atoms with Gasteiger partial charge in [-0.1, -0.05) is 25.7 Å². The Balaban J connectivity index is 1.86. The lowest BCUT2D eigenvalue weighted by Gasteiger charge is -2.10. The van der Waals surface area contributed by atoms with Crippen molar-refractivity contribution in [1.29, 1.82) is 16.2 Å². The molecular weight excluding hydrogens is 392 g/mol. The number of nitrogens with two attached hydrogens (primary N) is 2. The number of guanidine groups is 2. The maximum absolute atomic E-state index is 7.89. The molecule has 0 atom stereocenters. The van der Waals surface area contributed by atoms with Crippen LogP contribution in [0.25, 0.3) is 0 Å². The van der Waals surface area contributed by atoms with Gasteiger partial charge in [0.2, 0.25) is 0 Å². The Morgan fingerprint density at radius 3 is 1.68 bits per heavy atom. The number of unbranched alkanes of at least 4 members (excludes halogenated alkanes) is 7. The van der Waals surface area contributed by atoms with E-state index in [1.165, 1.54) is 12.8 Å². The number of ether oxygens (including phenoxy) is 1. The zero-order valence-corrected chi connectivity index (χ0v) is 18.6. The summed E-state index contributed by atoms with van der Waals surface area (Å²) in [4.78, 5) is 0. The van der Waals surface area contributed by atoms with Crippen molar-refractivity contribution in [3.05, 3.63) is 29.8 Å². The van der Waals surface area contributed by atoms with Gasteiger partial charge in [0, 0.05) is 25.2 Å². The Hall–Kier alpha value is -2.97. The molecule has 0 saturated carbocycles. The molecule has 0 amide bonds. The fourth-order valence-corrected chi connectivity index (χ4v) is 2.99. The van der Waals surface area contributed by atoms with Crippen molar-refractivity contribution in [2.75, 3.05) is 26.2 Å². The molecule has 0 fully saturated rings. The second kappa shape index (κ2) is 16.8. The number of rotatable bonds is 17. The Kier molecular flexibility index (Phi) is 14.1. The van der Waals surface area contributed by atoms with Crippen LogP contribution >= 0.6 is 0 Å². The molecule has 0 bridgehead atoms. The van der Waals surface area contributed by atoms with Crippen LogP contribution in [0.4, 0.5) is 0 Å². The highest BCUT2D eigenvalue weighted by atomic mass is 16.5. The van der Waals surface area contributed by atoms with Gasteiger partial charge in [-0.25, -0.2) is 0 Å². The van der Waals surface area contributed by atoms with Crippen LogP contribution in [-0.4, -0.2) is 44.0 Å². The third-order valence-electron chi connectivity index (χ3n) is 4.78. The predicted molar refractivity (Wildman–Crippen MR) is 128 cm³/mol. The molecule has 9 nitrogen and oxygen atoms in total. The van der Waals surface area contributed by atoms with Crippen LogP contribution in [0.15, 0.2) is 24.3 Å². The minimum atomic E-state index is 0.0464. The fraction of sp³-hybridized carbons (Fsp3) is 0.591. The van der Waals surface area contributed by atoms with E-state index in [0.29, 0.717) is 18.1 Å². The molecule has 1 aromatic carbocycles. The highest BCUT2D eigenvalue weighted by Gasteiger charge is 1.99. The summed E-state index contributed by atoms with van der Waals surface area (Å²) in [6.45, 7) is 3.05. The number of nitrogen functional groups attached to an aromatic ring is 1. The van der Waals surface area contributed by atoms with Crippen LogP contribution in [0.2, 0.25) is 0 Å². The van der Waals surface area contributed by atoms with Gasteiger partial charge in [-0.15, -0.1) is 0 Å². The lowest BCUT2D eigenvalue weighted by Crippen LogP contribution is -2.37. The Morgan fingerprint density at radius 1 is 0.677 bits per heavy atom. The van der Waals surface area contributed by atoms with Gasteiger partial charge in [-0.2, -0.15) is 0 Å². The van der Waals surface area contributed by atoms with Gasteiger partial charge in [-0.3, -0.25) is 16.2 Å². The van der Waals surface area contributed by atoms with Gasteiger partial charge in [-0.05, 0) is 56.4 Å². The van der Waals surface area contributed by atoms with E-state index in [2.05, 4.69) is 16.0 Å². The second-order valence-corrected chi connectivity index (χ2v) is 7.54. The quantitative estimate of drug-likeness (QED) is 0.107. The van der Waals surface area contributed by atoms with E-state index in [0.717, 1.165) is 70.3 Å². The van der Waals surface area contributed by atoms with Crippen molar-refractivity contribution in [2.45, 2.75) is 57.8 Å². The molecule has 1 rings (SSSR count). The summed E-state index contributed by atoms with van der Waals surface area (Å²) in [6.07, 6.45) is 9.83. The van der Waals surface area contributed by atoms with Crippen LogP contribution < -0.4 is 32.2 Å². The van der Waals surface area contributed by atoms with Gasteiger partial charge in [0.25, 0.3) is 0 Å². The minimum Gasteiger partial charge on any atom is -0.494 e. The van der Waals surface area contributed by atoms with Crippen LogP contribution in [0.1, 0.15) is 63.4 Å². The molecule has 0 aliphatic rings. The first-order chi connectivity index (χ1) is 15.0. The molecule has 0 radical (unpaired) electrons. The van der Waals surface area contributed by atoms with Crippen molar-refractivity contribution < 1.29 is 4.74 Å². The van der Waals surface area contributed by atoms with Crippen LogP contribution in [0, 0.1) is 16.2 Å². The Bertz CT molecular complexity index is 647. The summed E-state index contributed by atoms with van der Waals surface area (Å²) >= 11 is 0. The first-order valence-electron chi connectivity index (χ1n) is 11.2. The van der Waals surface area contributed by atoms with E-state index < -0.39 is 0 Å². The molecule has 174 valence electrons. The van der Waals surface area contributed by atoms with Gasteiger partial charge in [0.15, 0.2) is 11.9 Å². The third-order valence-corrected chi connectivity index (χ3v) is 4.78. The van der Waals surface area contributed by atoms with Gasteiger partial charge >= 0.3 is 0 Å². The Morgan fingerprint density at radius 2 is 1.16 bits per heavy atom. The van der Waals surface area contributed by atoms with Gasteiger partial charge < -0.3 is 32.2 Å². The highest BCUT2D eigenvalue weighted by molar-refractivity contribution is 5.94. The zero-order chi connectivity index (χ0) is 22.7. The molecule has 0 heterocycles. The number of hydrogen-bond donors (Lipinski definition) is 8. The SMILES string of the molecule is N=C(N)NCCCCCCCCNC(=N)NCCCCCOc1ccc(C(=N)N)cc1. The van der Waals surface area contributed by atoms with E-state index >= 15 is 0 Å². The molecular formula is C22H40N8O. The topological polar surface area (TPSA) is 169 Å². The molecule has 0 aromatic heterocycles. The Labute approximate surface area is 186 Å². The minimum absolute atomic E-state index is 0.0464. The predicted octanol–water partition coefficient (Wildman–Crippen LogP) is 2.46. The molecule has 0 aliphatic carbocycles. The average Bonchev–Trinajstić information content (AvgIpc) is 2.74. The normalized spacial score (nSPS) is 10.3. The van der Waals surface area contributed by atoms with E-state index in [4.69, 9.17) is 32.4 Å². The van der Waals surface area contributed by atoms with Crippen LogP contribution in [0.5, 0.6) is 5.75 Å². The first-order valence-corrected chi connectivity index (χ1v) is 11.2. The van der Waals surface area contributed by atoms with Crippen molar-refractivity contribution >= 4 is 17.8 Å². The van der Waals surface area contributed by atoms with E-state index in [9.17, 15) is 0 Å². The summed E-state index contributed by atoms with van der Waals surface area (Å²) in [7, 11) is 0. The molecule has 0 aliphatic heterocycles. The maximum atomic E-state index is 7.89. The van der Waals surface area contributed by atoms with Crippen molar-refractivity contribution in [1.82, 2.24) is 16.0 Å². The molecule has 10 N–H and O–H groups in total. The lowest BCUT2D eigenvalue weighted by atomic mass is 10.1. The lowest BCUT2D eigenvalue weighted by molar-refractivity contribution is 0.305. The molecule has 0 unspecified atom stereocenters.